The van der Waals surface area contributed by atoms with E-state index in [9.17, 15) is 0 Å². The van der Waals surface area contributed by atoms with Gasteiger partial charge in [0.05, 0.1) is 0 Å². The van der Waals surface area contributed by atoms with Crippen LogP contribution >= 0.6 is 0 Å². The molecule has 1 atom stereocenters. The van der Waals surface area contributed by atoms with Crippen molar-refractivity contribution in [2.45, 2.75) is 32.5 Å². The van der Waals surface area contributed by atoms with Gasteiger partial charge in [0.25, 0.3) is 0 Å². The molecule has 0 amide bonds. The molecule has 0 heterocycles. The highest BCUT2D eigenvalue weighted by atomic mass is 16.6. The van der Waals surface area contributed by atoms with Gasteiger partial charge in [0.2, 0.25) is 0 Å². The van der Waals surface area contributed by atoms with Crippen LogP contribution in [0, 0.1) is 0 Å². The summed E-state index contributed by atoms with van der Waals surface area (Å²) in [5, 5.41) is 17.2. The van der Waals surface area contributed by atoms with Crippen LogP contribution in [0.15, 0.2) is 0 Å². The molecule has 3 nitrogen and oxygen atoms in total. The third-order valence-electron chi connectivity index (χ3n) is 1.21. The molecule has 0 fully saturated rings. The number of rotatable bonds is 6. The zero-order valence-electron chi connectivity index (χ0n) is 6.42. The number of unbranched alkanes of at least 4 members (excludes halogenated alkanes) is 1. The van der Waals surface area contributed by atoms with Gasteiger partial charge in [-0.1, -0.05) is 6.92 Å². The Bertz CT molecular complexity index is 65.9. The lowest BCUT2D eigenvalue weighted by Gasteiger charge is -2.07. The van der Waals surface area contributed by atoms with Crippen LogP contribution in [0.25, 0.3) is 0 Å². The molecule has 0 aromatic heterocycles. The van der Waals surface area contributed by atoms with E-state index in [1.54, 1.807) is 0 Å². The lowest BCUT2D eigenvalue weighted by atomic mass is 10.3. The van der Waals surface area contributed by atoms with Crippen molar-refractivity contribution in [3.05, 3.63) is 0 Å². The third kappa shape index (κ3) is 6.01. The molecular formula is C7H16O3. The summed E-state index contributed by atoms with van der Waals surface area (Å²) in [7, 11) is 0. The van der Waals surface area contributed by atoms with Crippen molar-refractivity contribution >= 4 is 0 Å². The van der Waals surface area contributed by atoms with Crippen LogP contribution in [0.1, 0.15) is 26.2 Å². The van der Waals surface area contributed by atoms with Gasteiger partial charge in [0.1, 0.15) is 0 Å². The van der Waals surface area contributed by atoms with E-state index in [-0.39, 0.29) is 6.61 Å². The van der Waals surface area contributed by atoms with Crippen molar-refractivity contribution in [1.82, 2.24) is 0 Å². The zero-order valence-corrected chi connectivity index (χ0v) is 6.42. The fourth-order valence-electron chi connectivity index (χ4n) is 0.551. The summed E-state index contributed by atoms with van der Waals surface area (Å²) in [6.45, 7) is 2.60. The maximum absolute atomic E-state index is 8.87. The fourth-order valence-corrected chi connectivity index (χ4v) is 0.551. The van der Waals surface area contributed by atoms with Crippen molar-refractivity contribution in [2.24, 2.45) is 0 Å². The van der Waals surface area contributed by atoms with Crippen molar-refractivity contribution < 1.29 is 14.9 Å². The highest BCUT2D eigenvalue weighted by molar-refractivity contribution is 4.38. The van der Waals surface area contributed by atoms with Gasteiger partial charge >= 0.3 is 0 Å². The van der Waals surface area contributed by atoms with Gasteiger partial charge < -0.3 is 14.9 Å². The largest absolute Gasteiger partial charge is 0.396 e. The van der Waals surface area contributed by atoms with Crippen molar-refractivity contribution in [2.75, 3.05) is 13.2 Å². The van der Waals surface area contributed by atoms with E-state index < -0.39 is 6.29 Å². The molecule has 1 unspecified atom stereocenters. The predicted molar refractivity (Wildman–Crippen MR) is 38.6 cm³/mol. The SMILES string of the molecule is CCC(O)OCCCCO. The van der Waals surface area contributed by atoms with E-state index in [1.165, 1.54) is 0 Å². The molecule has 3 heteroatoms. The Morgan fingerprint density at radius 3 is 2.60 bits per heavy atom. The van der Waals surface area contributed by atoms with Gasteiger partial charge in [-0.05, 0) is 19.3 Å². The number of hydrogen-bond acceptors (Lipinski definition) is 3. The Labute approximate surface area is 61.6 Å². The minimum absolute atomic E-state index is 0.200. The first kappa shape index (κ1) is 9.88. The van der Waals surface area contributed by atoms with Gasteiger partial charge in [-0.25, -0.2) is 0 Å². The fraction of sp³-hybridized carbons (Fsp3) is 1.00. The summed E-state index contributed by atoms with van der Waals surface area (Å²) in [6.07, 6.45) is 1.56. The molecule has 0 bridgehead atoms. The summed E-state index contributed by atoms with van der Waals surface area (Å²) < 4.78 is 4.94. The normalized spacial score (nSPS) is 13.5. The van der Waals surface area contributed by atoms with E-state index in [0.29, 0.717) is 13.0 Å². The Balaban J connectivity index is 2.89. The highest BCUT2D eigenvalue weighted by Gasteiger charge is 1.97. The van der Waals surface area contributed by atoms with Gasteiger partial charge in [0.15, 0.2) is 6.29 Å². The average molecular weight is 148 g/mol. The van der Waals surface area contributed by atoms with E-state index in [2.05, 4.69) is 0 Å². The zero-order chi connectivity index (χ0) is 7.82. The molecule has 0 saturated carbocycles. The highest BCUT2D eigenvalue weighted by Crippen LogP contribution is 1.95. The number of aliphatic hydroxyl groups is 2. The summed E-state index contributed by atoms with van der Waals surface area (Å²) in [6, 6.07) is 0. The predicted octanol–water partition coefficient (Wildman–Crippen LogP) is 0.504. The number of aliphatic hydroxyl groups excluding tert-OH is 2. The van der Waals surface area contributed by atoms with Gasteiger partial charge in [-0.3, -0.25) is 0 Å². The quantitative estimate of drug-likeness (QED) is 0.426. The number of ether oxygens (including phenoxy) is 1. The van der Waals surface area contributed by atoms with Gasteiger partial charge in [-0.2, -0.15) is 0 Å². The molecular weight excluding hydrogens is 132 g/mol. The van der Waals surface area contributed by atoms with Crippen molar-refractivity contribution in [1.29, 1.82) is 0 Å². The smallest absolute Gasteiger partial charge is 0.154 e. The molecule has 0 aromatic rings. The standard InChI is InChI=1S/C7H16O3/c1-2-7(9)10-6-4-3-5-8/h7-9H,2-6H2,1H3. The topological polar surface area (TPSA) is 49.7 Å². The minimum atomic E-state index is -0.626. The van der Waals surface area contributed by atoms with Gasteiger partial charge in [0, 0.05) is 13.2 Å². The van der Waals surface area contributed by atoms with Crippen LogP contribution in [-0.2, 0) is 4.74 Å². The maximum Gasteiger partial charge on any atom is 0.154 e. The lowest BCUT2D eigenvalue weighted by molar-refractivity contribution is -0.101. The van der Waals surface area contributed by atoms with E-state index in [1.807, 2.05) is 6.92 Å². The van der Waals surface area contributed by atoms with E-state index in [0.717, 1.165) is 12.8 Å². The van der Waals surface area contributed by atoms with Crippen LogP contribution in [-0.4, -0.2) is 29.7 Å². The van der Waals surface area contributed by atoms with Crippen molar-refractivity contribution in [3.8, 4) is 0 Å². The van der Waals surface area contributed by atoms with Crippen LogP contribution < -0.4 is 0 Å². The number of hydrogen-bond donors (Lipinski definition) is 2. The molecule has 0 aromatic carbocycles. The first-order chi connectivity index (χ1) is 4.81. The van der Waals surface area contributed by atoms with E-state index in [4.69, 9.17) is 14.9 Å². The van der Waals surface area contributed by atoms with Crippen LogP contribution in [0.3, 0.4) is 0 Å². The Hall–Kier alpha value is -0.120. The molecule has 0 radical (unpaired) electrons. The van der Waals surface area contributed by atoms with Gasteiger partial charge in [-0.15, -0.1) is 0 Å². The first-order valence-electron chi connectivity index (χ1n) is 3.71. The minimum Gasteiger partial charge on any atom is -0.396 e. The van der Waals surface area contributed by atoms with Crippen LogP contribution in [0.5, 0.6) is 0 Å². The molecule has 0 aliphatic heterocycles. The summed E-state index contributed by atoms with van der Waals surface area (Å²) >= 11 is 0. The average Bonchev–Trinajstić information content (AvgIpc) is 1.98. The molecule has 2 N–H and O–H groups in total. The molecule has 0 spiro atoms. The van der Waals surface area contributed by atoms with Crippen LogP contribution in [0.4, 0.5) is 0 Å². The van der Waals surface area contributed by atoms with Crippen LogP contribution in [0.2, 0.25) is 0 Å². The summed E-state index contributed by atoms with van der Waals surface area (Å²) in [4.78, 5) is 0. The molecule has 0 saturated heterocycles. The molecule has 10 heavy (non-hydrogen) atoms. The molecule has 62 valence electrons. The summed E-state index contributed by atoms with van der Waals surface area (Å²) in [5.74, 6) is 0. The summed E-state index contributed by atoms with van der Waals surface area (Å²) in [5.41, 5.74) is 0. The van der Waals surface area contributed by atoms with Crippen molar-refractivity contribution in [3.63, 3.8) is 0 Å². The monoisotopic (exact) mass is 148 g/mol. The molecule has 0 rings (SSSR count). The second-order valence-corrected chi connectivity index (χ2v) is 2.16. The maximum atomic E-state index is 8.87. The molecule has 0 aliphatic rings. The Kier molecular flexibility index (Phi) is 6.91. The molecule has 0 aliphatic carbocycles. The van der Waals surface area contributed by atoms with E-state index >= 15 is 0 Å². The Morgan fingerprint density at radius 1 is 1.40 bits per heavy atom. The second kappa shape index (κ2) is 6.99. The third-order valence-corrected chi connectivity index (χ3v) is 1.21. The Morgan fingerprint density at radius 2 is 2.10 bits per heavy atom. The second-order valence-electron chi connectivity index (χ2n) is 2.16. The first-order valence-corrected chi connectivity index (χ1v) is 3.71. The lowest BCUT2D eigenvalue weighted by Crippen LogP contribution is -2.11.